The summed E-state index contributed by atoms with van der Waals surface area (Å²) in [5.41, 5.74) is 0. The van der Waals surface area contributed by atoms with Gasteiger partial charge in [-0.2, -0.15) is 13.2 Å². The second kappa shape index (κ2) is 8.23. The van der Waals surface area contributed by atoms with E-state index in [1.165, 1.54) is 11.3 Å². The van der Waals surface area contributed by atoms with Crippen LogP contribution in [-0.4, -0.2) is 43.8 Å². The van der Waals surface area contributed by atoms with Crippen molar-refractivity contribution in [3.63, 3.8) is 0 Å². The Labute approximate surface area is 121 Å². The summed E-state index contributed by atoms with van der Waals surface area (Å²) in [7, 11) is 1.58. The van der Waals surface area contributed by atoms with E-state index in [4.69, 9.17) is 0 Å². The third-order valence-corrected chi connectivity index (χ3v) is 4.32. The molecule has 0 aliphatic heterocycles. The summed E-state index contributed by atoms with van der Waals surface area (Å²) in [4.78, 5) is 1.43. The number of nitrogens with one attached hydrogen (secondary N) is 1. The van der Waals surface area contributed by atoms with Crippen LogP contribution in [0.5, 0.6) is 0 Å². The number of rotatable bonds is 7. The molecule has 1 fully saturated rings. The first-order valence-electron chi connectivity index (χ1n) is 7.84. The van der Waals surface area contributed by atoms with Gasteiger partial charge in [-0.1, -0.05) is 20.3 Å². The van der Waals surface area contributed by atoms with Crippen LogP contribution < -0.4 is 5.32 Å². The Bertz CT molecular complexity index is 268. The fourth-order valence-electron chi connectivity index (χ4n) is 3.30. The summed E-state index contributed by atoms with van der Waals surface area (Å²) in [6.07, 6.45) is 1.47. The monoisotopic (exact) mass is 294 g/mol. The topological polar surface area (TPSA) is 15.3 Å². The highest BCUT2D eigenvalue weighted by atomic mass is 19.4. The average molecular weight is 294 g/mol. The highest BCUT2D eigenvalue weighted by molar-refractivity contribution is 4.86. The van der Waals surface area contributed by atoms with Crippen LogP contribution in [0.2, 0.25) is 0 Å². The molecule has 1 aliphatic rings. The van der Waals surface area contributed by atoms with Crippen molar-refractivity contribution in [1.82, 2.24) is 10.2 Å². The predicted molar refractivity (Wildman–Crippen MR) is 76.8 cm³/mol. The zero-order valence-corrected chi connectivity index (χ0v) is 13.0. The van der Waals surface area contributed by atoms with Crippen LogP contribution in [0, 0.1) is 11.8 Å². The zero-order valence-electron chi connectivity index (χ0n) is 13.0. The van der Waals surface area contributed by atoms with Gasteiger partial charge in [-0.05, 0) is 51.1 Å². The zero-order chi connectivity index (χ0) is 15.2. The van der Waals surface area contributed by atoms with Crippen molar-refractivity contribution in [3.8, 4) is 0 Å². The number of hydrogen-bond donors (Lipinski definition) is 1. The third-order valence-electron chi connectivity index (χ3n) is 4.32. The molecule has 3 atom stereocenters. The summed E-state index contributed by atoms with van der Waals surface area (Å²) >= 11 is 0. The summed E-state index contributed by atoms with van der Waals surface area (Å²) in [5, 5.41) is 3.53. The van der Waals surface area contributed by atoms with Crippen molar-refractivity contribution >= 4 is 0 Å². The van der Waals surface area contributed by atoms with E-state index in [1.54, 1.807) is 7.05 Å². The Hall–Kier alpha value is -0.290. The van der Waals surface area contributed by atoms with Crippen LogP contribution in [0.1, 0.15) is 46.0 Å². The van der Waals surface area contributed by atoms with Crippen LogP contribution in [0.4, 0.5) is 13.2 Å². The molecule has 0 aromatic carbocycles. The van der Waals surface area contributed by atoms with Gasteiger partial charge in [-0.3, -0.25) is 4.90 Å². The molecule has 20 heavy (non-hydrogen) atoms. The van der Waals surface area contributed by atoms with E-state index in [0.29, 0.717) is 24.4 Å². The highest BCUT2D eigenvalue weighted by Crippen LogP contribution is 2.32. The summed E-state index contributed by atoms with van der Waals surface area (Å²) < 4.78 is 37.3. The highest BCUT2D eigenvalue weighted by Gasteiger charge is 2.33. The van der Waals surface area contributed by atoms with Crippen molar-refractivity contribution < 1.29 is 13.2 Å². The Morgan fingerprint density at radius 1 is 1.20 bits per heavy atom. The van der Waals surface area contributed by atoms with Crippen molar-refractivity contribution in [3.05, 3.63) is 0 Å². The molecular weight excluding hydrogens is 265 g/mol. The molecule has 0 heterocycles. The van der Waals surface area contributed by atoms with E-state index in [2.05, 4.69) is 19.2 Å². The number of halogens is 3. The van der Waals surface area contributed by atoms with Gasteiger partial charge in [0.2, 0.25) is 0 Å². The molecule has 0 bridgehead atoms. The second-order valence-corrected chi connectivity index (χ2v) is 6.22. The first-order chi connectivity index (χ1) is 9.35. The minimum absolute atomic E-state index is 0.340. The molecule has 2 nitrogen and oxygen atoms in total. The van der Waals surface area contributed by atoms with Crippen LogP contribution in [0.25, 0.3) is 0 Å². The maximum Gasteiger partial charge on any atom is 0.401 e. The van der Waals surface area contributed by atoms with Gasteiger partial charge in [-0.25, -0.2) is 0 Å². The van der Waals surface area contributed by atoms with Gasteiger partial charge in [0, 0.05) is 12.6 Å². The first kappa shape index (κ1) is 17.8. The van der Waals surface area contributed by atoms with Crippen LogP contribution in [-0.2, 0) is 0 Å². The van der Waals surface area contributed by atoms with Crippen LogP contribution >= 0.6 is 0 Å². The van der Waals surface area contributed by atoms with E-state index in [1.807, 2.05) is 0 Å². The fraction of sp³-hybridized carbons (Fsp3) is 1.00. The molecule has 0 aromatic heterocycles. The van der Waals surface area contributed by atoms with Crippen molar-refractivity contribution in [2.45, 2.75) is 58.2 Å². The molecule has 1 saturated carbocycles. The van der Waals surface area contributed by atoms with E-state index in [9.17, 15) is 13.2 Å². The summed E-state index contributed by atoms with van der Waals surface area (Å²) in [6, 6.07) is 0.383. The maximum absolute atomic E-state index is 12.4. The smallest absolute Gasteiger partial charge is 0.314 e. The maximum atomic E-state index is 12.4. The van der Waals surface area contributed by atoms with Gasteiger partial charge < -0.3 is 5.32 Å². The lowest BCUT2D eigenvalue weighted by Crippen LogP contribution is -2.46. The Morgan fingerprint density at radius 3 is 2.45 bits per heavy atom. The van der Waals surface area contributed by atoms with Gasteiger partial charge in [0.25, 0.3) is 0 Å². The van der Waals surface area contributed by atoms with Gasteiger partial charge in [0.15, 0.2) is 0 Å². The summed E-state index contributed by atoms with van der Waals surface area (Å²) in [6.45, 7) is 5.00. The van der Waals surface area contributed by atoms with Gasteiger partial charge in [0.05, 0.1) is 6.54 Å². The van der Waals surface area contributed by atoms with Crippen LogP contribution in [0.3, 0.4) is 0 Å². The molecule has 120 valence electrons. The normalized spacial score (nSPS) is 28.1. The second-order valence-electron chi connectivity index (χ2n) is 6.22. The quantitative estimate of drug-likeness (QED) is 0.770. The minimum atomic E-state index is -4.10. The number of nitrogens with zero attached hydrogens (tertiary/aromatic N) is 1. The Morgan fingerprint density at radius 2 is 1.90 bits per heavy atom. The largest absolute Gasteiger partial charge is 0.401 e. The van der Waals surface area contributed by atoms with Crippen LogP contribution in [0.15, 0.2) is 0 Å². The lowest BCUT2D eigenvalue weighted by atomic mass is 9.76. The predicted octanol–water partition coefficient (Wildman–Crippen LogP) is 3.68. The molecule has 1 aliphatic carbocycles. The molecule has 5 heteroatoms. The van der Waals surface area contributed by atoms with Crippen molar-refractivity contribution in [2.24, 2.45) is 11.8 Å². The molecule has 3 unspecified atom stereocenters. The Balaban J connectivity index is 2.54. The van der Waals surface area contributed by atoms with E-state index in [0.717, 1.165) is 32.2 Å². The minimum Gasteiger partial charge on any atom is -0.314 e. The van der Waals surface area contributed by atoms with Crippen molar-refractivity contribution in [2.75, 3.05) is 26.7 Å². The van der Waals surface area contributed by atoms with E-state index in [-0.39, 0.29) is 0 Å². The van der Waals surface area contributed by atoms with E-state index >= 15 is 0 Å². The standard InChI is InChI=1S/C15H29F3N2/c1-4-8-19-14-7-6-12(5-2)9-13(14)10-20(3)11-15(16,17)18/h12-14,19H,4-11H2,1-3H3. The number of alkyl halides is 3. The first-order valence-corrected chi connectivity index (χ1v) is 7.84. The SMILES string of the molecule is CCCNC1CCC(CC)CC1CN(C)CC(F)(F)F. The lowest BCUT2D eigenvalue weighted by molar-refractivity contribution is -0.144. The third kappa shape index (κ3) is 6.44. The molecular formula is C15H29F3N2. The van der Waals surface area contributed by atoms with Crippen molar-refractivity contribution in [1.29, 1.82) is 0 Å². The molecule has 1 rings (SSSR count). The molecule has 0 aromatic rings. The summed E-state index contributed by atoms with van der Waals surface area (Å²) in [5.74, 6) is 1.02. The van der Waals surface area contributed by atoms with Gasteiger partial charge in [-0.15, -0.1) is 0 Å². The molecule has 0 spiro atoms. The molecule has 0 radical (unpaired) electrons. The van der Waals surface area contributed by atoms with E-state index < -0.39 is 12.7 Å². The average Bonchev–Trinajstić information content (AvgIpc) is 2.34. The van der Waals surface area contributed by atoms with Gasteiger partial charge >= 0.3 is 6.18 Å². The fourth-order valence-corrected chi connectivity index (χ4v) is 3.30. The molecule has 1 N–H and O–H groups in total. The Kier molecular flexibility index (Phi) is 7.30. The molecule has 0 saturated heterocycles. The number of hydrogen-bond acceptors (Lipinski definition) is 2. The lowest BCUT2D eigenvalue weighted by Gasteiger charge is -2.38. The van der Waals surface area contributed by atoms with Gasteiger partial charge in [0.1, 0.15) is 0 Å². The molecule has 0 amide bonds.